The normalized spacial score (nSPS) is 22.6. The standard InChI is InChI=1S/C16H22FN/c17-15-13-7-3-2-6-12(13)8-9-14(15)16(18)10-4-1-5-11-16/h8-9H,1-7,10-11,18H2. The maximum absolute atomic E-state index is 14.7. The maximum atomic E-state index is 14.7. The Morgan fingerprint density at radius 1 is 0.944 bits per heavy atom. The summed E-state index contributed by atoms with van der Waals surface area (Å²) in [6.45, 7) is 0. The number of rotatable bonds is 1. The summed E-state index contributed by atoms with van der Waals surface area (Å²) >= 11 is 0. The van der Waals surface area contributed by atoms with Crippen LogP contribution < -0.4 is 5.73 Å². The van der Waals surface area contributed by atoms with Gasteiger partial charge in [0.25, 0.3) is 0 Å². The molecule has 0 heterocycles. The molecule has 2 N–H and O–H groups in total. The van der Waals surface area contributed by atoms with Gasteiger partial charge in [-0.1, -0.05) is 31.4 Å². The number of fused-ring (bicyclic) bond motifs is 1. The summed E-state index contributed by atoms with van der Waals surface area (Å²) in [5, 5.41) is 0. The summed E-state index contributed by atoms with van der Waals surface area (Å²) in [6, 6.07) is 4.08. The smallest absolute Gasteiger partial charge is 0.131 e. The lowest BCUT2D eigenvalue weighted by atomic mass is 9.75. The third kappa shape index (κ3) is 1.97. The van der Waals surface area contributed by atoms with Crippen LogP contribution in [0.1, 0.15) is 61.6 Å². The first-order valence-electron chi connectivity index (χ1n) is 7.30. The Hall–Kier alpha value is -0.890. The quantitative estimate of drug-likeness (QED) is 0.802. The van der Waals surface area contributed by atoms with Crippen LogP contribution in [0.2, 0.25) is 0 Å². The third-order valence-corrected chi connectivity index (χ3v) is 4.75. The fraction of sp³-hybridized carbons (Fsp3) is 0.625. The Labute approximate surface area is 109 Å². The van der Waals surface area contributed by atoms with Crippen LogP contribution in [0.25, 0.3) is 0 Å². The number of nitrogens with two attached hydrogens (primary N) is 1. The van der Waals surface area contributed by atoms with Crippen LogP contribution in [0, 0.1) is 5.82 Å². The molecule has 0 aromatic heterocycles. The number of hydrogen-bond donors (Lipinski definition) is 1. The number of benzene rings is 1. The van der Waals surface area contributed by atoms with E-state index in [1.807, 2.05) is 6.07 Å². The van der Waals surface area contributed by atoms with Crippen molar-refractivity contribution >= 4 is 0 Å². The lowest BCUT2D eigenvalue weighted by Crippen LogP contribution is -2.39. The molecule has 0 unspecified atom stereocenters. The van der Waals surface area contributed by atoms with Crippen molar-refractivity contribution in [3.05, 3.63) is 34.6 Å². The first-order chi connectivity index (χ1) is 8.71. The van der Waals surface area contributed by atoms with Crippen molar-refractivity contribution in [3.63, 3.8) is 0 Å². The molecule has 2 aliphatic carbocycles. The molecule has 3 rings (SSSR count). The van der Waals surface area contributed by atoms with E-state index in [0.717, 1.165) is 56.1 Å². The largest absolute Gasteiger partial charge is 0.321 e. The molecule has 18 heavy (non-hydrogen) atoms. The molecule has 0 spiro atoms. The summed E-state index contributed by atoms with van der Waals surface area (Å²) in [5.41, 5.74) is 9.01. The monoisotopic (exact) mass is 247 g/mol. The molecule has 2 heteroatoms. The van der Waals surface area contributed by atoms with E-state index in [4.69, 9.17) is 5.73 Å². The van der Waals surface area contributed by atoms with Gasteiger partial charge in [0.1, 0.15) is 5.82 Å². The molecule has 1 aromatic carbocycles. The van der Waals surface area contributed by atoms with E-state index < -0.39 is 5.54 Å². The Morgan fingerprint density at radius 2 is 1.67 bits per heavy atom. The van der Waals surface area contributed by atoms with Gasteiger partial charge < -0.3 is 5.73 Å². The van der Waals surface area contributed by atoms with Crippen LogP contribution >= 0.6 is 0 Å². The zero-order valence-corrected chi connectivity index (χ0v) is 11.0. The van der Waals surface area contributed by atoms with Crippen molar-refractivity contribution in [2.45, 2.75) is 63.3 Å². The average Bonchev–Trinajstić information content (AvgIpc) is 2.40. The van der Waals surface area contributed by atoms with Gasteiger partial charge in [-0.15, -0.1) is 0 Å². The van der Waals surface area contributed by atoms with E-state index in [0.29, 0.717) is 0 Å². The molecule has 0 amide bonds. The van der Waals surface area contributed by atoms with Crippen molar-refractivity contribution in [3.8, 4) is 0 Å². The first-order valence-corrected chi connectivity index (χ1v) is 7.30. The Balaban J connectivity index is 2.02. The molecule has 0 radical (unpaired) electrons. The average molecular weight is 247 g/mol. The van der Waals surface area contributed by atoms with E-state index in [1.165, 1.54) is 18.4 Å². The number of aryl methyl sites for hydroxylation is 1. The molecule has 0 bridgehead atoms. The second-order valence-electron chi connectivity index (χ2n) is 5.99. The molecule has 1 saturated carbocycles. The summed E-state index contributed by atoms with van der Waals surface area (Å²) in [7, 11) is 0. The zero-order chi connectivity index (χ0) is 12.6. The van der Waals surface area contributed by atoms with Crippen LogP contribution in [-0.4, -0.2) is 0 Å². The van der Waals surface area contributed by atoms with Crippen molar-refractivity contribution in [2.75, 3.05) is 0 Å². The molecule has 0 aliphatic heterocycles. The zero-order valence-electron chi connectivity index (χ0n) is 11.0. The highest BCUT2D eigenvalue weighted by Gasteiger charge is 2.33. The molecule has 1 aromatic rings. The summed E-state index contributed by atoms with van der Waals surface area (Å²) in [4.78, 5) is 0. The maximum Gasteiger partial charge on any atom is 0.131 e. The van der Waals surface area contributed by atoms with Crippen molar-refractivity contribution in [2.24, 2.45) is 5.73 Å². The third-order valence-electron chi connectivity index (χ3n) is 4.75. The highest BCUT2D eigenvalue weighted by atomic mass is 19.1. The van der Waals surface area contributed by atoms with Crippen LogP contribution in [-0.2, 0) is 18.4 Å². The molecule has 0 atom stereocenters. The minimum absolute atomic E-state index is 0.0107. The van der Waals surface area contributed by atoms with Crippen LogP contribution in [0.5, 0.6) is 0 Å². The Kier molecular flexibility index (Phi) is 3.14. The second-order valence-corrected chi connectivity index (χ2v) is 5.99. The number of hydrogen-bond acceptors (Lipinski definition) is 1. The Morgan fingerprint density at radius 3 is 2.44 bits per heavy atom. The minimum Gasteiger partial charge on any atom is -0.321 e. The van der Waals surface area contributed by atoms with Gasteiger partial charge >= 0.3 is 0 Å². The van der Waals surface area contributed by atoms with Gasteiger partial charge in [0.15, 0.2) is 0 Å². The molecule has 1 nitrogen and oxygen atoms in total. The van der Waals surface area contributed by atoms with Crippen molar-refractivity contribution < 1.29 is 4.39 Å². The lowest BCUT2D eigenvalue weighted by molar-refractivity contribution is 0.292. The molecule has 1 fully saturated rings. The summed E-state index contributed by atoms with van der Waals surface area (Å²) in [6.07, 6.45) is 9.61. The van der Waals surface area contributed by atoms with Gasteiger partial charge in [-0.3, -0.25) is 0 Å². The van der Waals surface area contributed by atoms with Gasteiger partial charge in [-0.25, -0.2) is 4.39 Å². The molecule has 98 valence electrons. The highest BCUT2D eigenvalue weighted by Crippen LogP contribution is 2.38. The fourth-order valence-corrected chi connectivity index (χ4v) is 3.62. The van der Waals surface area contributed by atoms with Crippen LogP contribution in [0.15, 0.2) is 12.1 Å². The summed E-state index contributed by atoms with van der Waals surface area (Å²) < 4.78 is 14.7. The lowest BCUT2D eigenvalue weighted by Gasteiger charge is -2.35. The van der Waals surface area contributed by atoms with Gasteiger partial charge in [0.2, 0.25) is 0 Å². The molecule has 2 aliphatic rings. The van der Waals surface area contributed by atoms with Gasteiger partial charge in [-0.05, 0) is 49.7 Å². The predicted molar refractivity (Wildman–Crippen MR) is 72.0 cm³/mol. The molecular weight excluding hydrogens is 225 g/mol. The molecular formula is C16H22FN. The van der Waals surface area contributed by atoms with E-state index in [-0.39, 0.29) is 5.82 Å². The highest BCUT2D eigenvalue weighted by molar-refractivity contribution is 5.39. The second kappa shape index (κ2) is 4.65. The minimum atomic E-state index is -0.408. The van der Waals surface area contributed by atoms with Crippen LogP contribution in [0.4, 0.5) is 4.39 Å². The van der Waals surface area contributed by atoms with E-state index >= 15 is 0 Å². The van der Waals surface area contributed by atoms with E-state index in [2.05, 4.69) is 6.07 Å². The van der Waals surface area contributed by atoms with E-state index in [1.54, 1.807) is 0 Å². The summed E-state index contributed by atoms with van der Waals surface area (Å²) in [5.74, 6) is 0.0107. The predicted octanol–water partition coefficient (Wildman–Crippen LogP) is 3.82. The number of halogens is 1. The fourth-order valence-electron chi connectivity index (χ4n) is 3.62. The van der Waals surface area contributed by atoms with Gasteiger partial charge in [0, 0.05) is 11.1 Å². The first kappa shape index (κ1) is 12.2. The van der Waals surface area contributed by atoms with Gasteiger partial charge in [0.05, 0.1) is 0 Å². The van der Waals surface area contributed by atoms with Crippen LogP contribution in [0.3, 0.4) is 0 Å². The topological polar surface area (TPSA) is 26.0 Å². The molecule has 0 saturated heterocycles. The van der Waals surface area contributed by atoms with E-state index in [9.17, 15) is 4.39 Å². The van der Waals surface area contributed by atoms with Gasteiger partial charge in [-0.2, -0.15) is 0 Å². The van der Waals surface area contributed by atoms with Crippen molar-refractivity contribution in [1.82, 2.24) is 0 Å². The SMILES string of the molecule is NC1(c2ccc3c(c2F)CCCC3)CCCCC1. The van der Waals surface area contributed by atoms with Crippen molar-refractivity contribution in [1.29, 1.82) is 0 Å². The Bertz CT molecular complexity index is 447.